The Hall–Kier alpha value is -1.97. The maximum absolute atomic E-state index is 13.6. The number of furan rings is 1. The lowest BCUT2D eigenvalue weighted by molar-refractivity contribution is 0.110. The zero-order chi connectivity index (χ0) is 11.7. The zero-order valence-corrected chi connectivity index (χ0v) is 8.46. The van der Waals surface area contributed by atoms with E-state index in [1.165, 1.54) is 31.4 Å². The third-order valence-corrected chi connectivity index (χ3v) is 2.37. The molecule has 0 bridgehead atoms. The van der Waals surface area contributed by atoms with Gasteiger partial charge in [0.15, 0.2) is 23.7 Å². The minimum absolute atomic E-state index is 0.0119. The summed E-state index contributed by atoms with van der Waals surface area (Å²) in [6, 6.07) is 4.30. The maximum atomic E-state index is 13.6. The lowest BCUT2D eigenvalue weighted by atomic mass is 10.0. The van der Waals surface area contributed by atoms with Crippen molar-refractivity contribution in [3.05, 3.63) is 47.4 Å². The van der Waals surface area contributed by atoms with Crippen LogP contribution in [0, 0.1) is 18.6 Å². The van der Waals surface area contributed by atoms with Crippen molar-refractivity contribution in [2.75, 3.05) is 0 Å². The first-order valence-corrected chi connectivity index (χ1v) is 4.62. The van der Waals surface area contributed by atoms with Gasteiger partial charge in [-0.3, -0.25) is 4.79 Å². The Kier molecular flexibility index (Phi) is 2.56. The molecule has 1 heterocycles. The van der Waals surface area contributed by atoms with E-state index in [0.29, 0.717) is 6.29 Å². The van der Waals surface area contributed by atoms with Crippen LogP contribution in [0.15, 0.2) is 28.9 Å². The molecule has 0 atom stereocenters. The molecule has 0 saturated heterocycles. The number of carbonyl (C=O) groups excluding carboxylic acids is 1. The molecule has 2 aromatic rings. The number of aryl methyl sites for hydroxylation is 1. The molecule has 0 saturated carbocycles. The molecule has 0 N–H and O–H groups in total. The summed E-state index contributed by atoms with van der Waals surface area (Å²) in [5, 5.41) is 0. The second kappa shape index (κ2) is 3.89. The van der Waals surface area contributed by atoms with Crippen LogP contribution in [0.1, 0.15) is 16.1 Å². The van der Waals surface area contributed by atoms with Crippen LogP contribution < -0.4 is 0 Å². The van der Waals surface area contributed by atoms with Gasteiger partial charge >= 0.3 is 0 Å². The van der Waals surface area contributed by atoms with Gasteiger partial charge < -0.3 is 4.42 Å². The van der Waals surface area contributed by atoms with Crippen molar-refractivity contribution in [1.82, 2.24) is 0 Å². The SMILES string of the molecule is Cc1ccc(-c2ccoc2C=O)c(F)c1F. The van der Waals surface area contributed by atoms with Crippen molar-refractivity contribution in [1.29, 1.82) is 0 Å². The van der Waals surface area contributed by atoms with Crippen LogP contribution in [0.4, 0.5) is 8.78 Å². The van der Waals surface area contributed by atoms with E-state index >= 15 is 0 Å². The van der Waals surface area contributed by atoms with Crippen molar-refractivity contribution in [3.63, 3.8) is 0 Å². The molecule has 0 spiro atoms. The second-order valence-corrected chi connectivity index (χ2v) is 3.37. The summed E-state index contributed by atoms with van der Waals surface area (Å²) in [7, 11) is 0. The summed E-state index contributed by atoms with van der Waals surface area (Å²) >= 11 is 0. The van der Waals surface area contributed by atoms with Gasteiger partial charge in [-0.2, -0.15) is 0 Å². The monoisotopic (exact) mass is 222 g/mol. The molecule has 4 heteroatoms. The number of hydrogen-bond acceptors (Lipinski definition) is 2. The van der Waals surface area contributed by atoms with Gasteiger partial charge in [-0.25, -0.2) is 8.78 Å². The van der Waals surface area contributed by atoms with Gasteiger partial charge in [0.2, 0.25) is 0 Å². The van der Waals surface area contributed by atoms with Gasteiger partial charge in [-0.15, -0.1) is 0 Å². The standard InChI is InChI=1S/C12H8F2O2/c1-7-2-3-9(12(14)11(7)13)8-4-5-16-10(8)6-15/h2-6H,1H3. The molecule has 0 radical (unpaired) electrons. The zero-order valence-electron chi connectivity index (χ0n) is 8.46. The first kappa shape index (κ1) is 10.5. The summed E-state index contributed by atoms with van der Waals surface area (Å²) in [6.45, 7) is 1.47. The molecule has 0 aliphatic carbocycles. The topological polar surface area (TPSA) is 30.2 Å². The predicted octanol–water partition coefficient (Wildman–Crippen LogP) is 3.35. The molecular weight excluding hydrogens is 214 g/mol. The molecule has 0 amide bonds. The van der Waals surface area contributed by atoms with E-state index in [4.69, 9.17) is 4.42 Å². The summed E-state index contributed by atoms with van der Waals surface area (Å²) in [5.41, 5.74) is 0.503. The van der Waals surface area contributed by atoms with E-state index < -0.39 is 11.6 Å². The summed E-state index contributed by atoms with van der Waals surface area (Å²) in [6.07, 6.45) is 1.73. The van der Waals surface area contributed by atoms with E-state index in [2.05, 4.69) is 0 Å². The van der Waals surface area contributed by atoms with Crippen molar-refractivity contribution in [3.8, 4) is 11.1 Å². The van der Waals surface area contributed by atoms with E-state index in [1.807, 2.05) is 0 Å². The minimum atomic E-state index is -0.968. The van der Waals surface area contributed by atoms with E-state index in [-0.39, 0.29) is 22.5 Å². The van der Waals surface area contributed by atoms with Crippen LogP contribution in [0.3, 0.4) is 0 Å². The Bertz CT molecular complexity index is 544. The number of benzene rings is 1. The molecule has 0 fully saturated rings. The highest BCUT2D eigenvalue weighted by atomic mass is 19.2. The molecule has 0 aliphatic rings. The number of aldehydes is 1. The van der Waals surface area contributed by atoms with E-state index in [9.17, 15) is 13.6 Å². The number of halogens is 2. The smallest absolute Gasteiger partial charge is 0.185 e. The average Bonchev–Trinajstić information content (AvgIpc) is 2.74. The van der Waals surface area contributed by atoms with Crippen molar-refractivity contribution in [2.24, 2.45) is 0 Å². The minimum Gasteiger partial charge on any atom is -0.461 e. The lowest BCUT2D eigenvalue weighted by Crippen LogP contribution is -1.93. The normalized spacial score (nSPS) is 10.4. The van der Waals surface area contributed by atoms with E-state index in [0.717, 1.165) is 0 Å². The average molecular weight is 222 g/mol. The number of rotatable bonds is 2. The third-order valence-electron chi connectivity index (χ3n) is 2.37. The Balaban J connectivity index is 2.65. The number of hydrogen-bond donors (Lipinski definition) is 0. The van der Waals surface area contributed by atoms with Crippen molar-refractivity contribution in [2.45, 2.75) is 6.92 Å². The molecule has 82 valence electrons. The molecule has 2 rings (SSSR count). The highest BCUT2D eigenvalue weighted by molar-refractivity contribution is 5.84. The third kappa shape index (κ3) is 1.52. The molecule has 0 unspecified atom stereocenters. The van der Waals surface area contributed by atoms with Crippen LogP contribution in [0.2, 0.25) is 0 Å². The van der Waals surface area contributed by atoms with Crippen molar-refractivity contribution >= 4 is 6.29 Å². The molecule has 0 aliphatic heterocycles. The molecule has 1 aromatic carbocycles. The van der Waals surface area contributed by atoms with Gasteiger partial charge in [-0.1, -0.05) is 12.1 Å². The summed E-state index contributed by atoms with van der Waals surface area (Å²) in [5.74, 6) is -1.89. The molecule has 16 heavy (non-hydrogen) atoms. The molecule has 1 aromatic heterocycles. The van der Waals surface area contributed by atoms with E-state index in [1.54, 1.807) is 0 Å². The van der Waals surface area contributed by atoms with Crippen LogP contribution in [0.25, 0.3) is 11.1 Å². The highest BCUT2D eigenvalue weighted by Gasteiger charge is 2.16. The van der Waals surface area contributed by atoms with Gasteiger partial charge in [0, 0.05) is 11.1 Å². The fourth-order valence-corrected chi connectivity index (χ4v) is 1.49. The maximum Gasteiger partial charge on any atom is 0.185 e. The quantitative estimate of drug-likeness (QED) is 0.729. The first-order valence-electron chi connectivity index (χ1n) is 4.62. The Morgan fingerprint density at radius 2 is 1.88 bits per heavy atom. The highest BCUT2D eigenvalue weighted by Crippen LogP contribution is 2.28. The largest absolute Gasteiger partial charge is 0.461 e. The fourth-order valence-electron chi connectivity index (χ4n) is 1.49. The lowest BCUT2D eigenvalue weighted by Gasteiger charge is -2.04. The Morgan fingerprint density at radius 3 is 2.56 bits per heavy atom. The fraction of sp³-hybridized carbons (Fsp3) is 0.0833. The number of carbonyl (C=O) groups is 1. The predicted molar refractivity (Wildman–Crippen MR) is 54.2 cm³/mol. The molecular formula is C12H8F2O2. The summed E-state index contributed by atoms with van der Waals surface area (Å²) < 4.78 is 31.8. The van der Waals surface area contributed by atoms with Gasteiger partial charge in [0.25, 0.3) is 0 Å². The second-order valence-electron chi connectivity index (χ2n) is 3.37. The molecule has 2 nitrogen and oxygen atoms in total. The van der Waals surface area contributed by atoms with Gasteiger partial charge in [-0.05, 0) is 18.6 Å². The van der Waals surface area contributed by atoms with Crippen LogP contribution in [-0.2, 0) is 0 Å². The summed E-state index contributed by atoms with van der Waals surface area (Å²) in [4.78, 5) is 10.6. The van der Waals surface area contributed by atoms with Gasteiger partial charge in [0.05, 0.1) is 6.26 Å². The van der Waals surface area contributed by atoms with Crippen LogP contribution in [0.5, 0.6) is 0 Å². The van der Waals surface area contributed by atoms with Crippen LogP contribution >= 0.6 is 0 Å². The van der Waals surface area contributed by atoms with Gasteiger partial charge in [0.1, 0.15) is 0 Å². The Labute approximate surface area is 90.5 Å². The van der Waals surface area contributed by atoms with Crippen LogP contribution in [-0.4, -0.2) is 6.29 Å². The first-order chi connectivity index (χ1) is 7.65. The van der Waals surface area contributed by atoms with Crippen molar-refractivity contribution < 1.29 is 18.0 Å². The Morgan fingerprint density at radius 1 is 1.12 bits per heavy atom.